The minimum Gasteiger partial charge on any atom is -0.490 e. The van der Waals surface area contributed by atoms with E-state index in [1.165, 1.54) is 6.20 Å². The topological polar surface area (TPSA) is 93.0 Å². The minimum atomic E-state index is -0.619. The Hall–Kier alpha value is -1.64. The molecular formula is C14H22N2O5S. The average Bonchev–Trinajstić information content (AvgIpc) is 2.51. The molecule has 0 fully saturated rings. The first-order chi connectivity index (χ1) is 10.7. The van der Waals surface area contributed by atoms with Crippen LogP contribution in [0.2, 0.25) is 0 Å². The van der Waals surface area contributed by atoms with E-state index in [-0.39, 0.29) is 17.9 Å². The van der Waals surface area contributed by atoms with Crippen LogP contribution in [0.5, 0.6) is 5.75 Å². The lowest BCUT2D eigenvalue weighted by Gasteiger charge is -2.11. The number of carbonyl (C=O) groups is 1. The molecule has 1 rings (SSSR count). The lowest BCUT2D eigenvalue weighted by Crippen LogP contribution is -2.33. The molecule has 1 heterocycles. The van der Waals surface area contributed by atoms with E-state index in [4.69, 9.17) is 32.0 Å². The molecule has 0 spiro atoms. The van der Waals surface area contributed by atoms with Gasteiger partial charge in [-0.25, -0.2) is 4.79 Å². The maximum Gasteiger partial charge on any atom is 0.431 e. The zero-order valence-corrected chi connectivity index (χ0v) is 13.2. The van der Waals surface area contributed by atoms with Gasteiger partial charge in [-0.1, -0.05) is 12.2 Å². The summed E-state index contributed by atoms with van der Waals surface area (Å²) in [6.45, 7) is 1.07. The first-order valence-electron chi connectivity index (χ1n) is 7.21. The van der Waals surface area contributed by atoms with Gasteiger partial charge >= 0.3 is 6.09 Å². The van der Waals surface area contributed by atoms with Crippen LogP contribution in [0, 0.1) is 4.64 Å². The molecule has 8 heteroatoms. The number of carbonyl (C=O) groups excluding carboxylic acids is 1. The van der Waals surface area contributed by atoms with Crippen LogP contribution in [-0.4, -0.2) is 47.4 Å². The van der Waals surface area contributed by atoms with E-state index in [1.54, 1.807) is 12.1 Å². The SMILES string of the molecule is O=C(NCCCCO)On1cccc(OCCCCO)c1=S. The summed E-state index contributed by atoms with van der Waals surface area (Å²) in [5, 5.41) is 19.9. The first kappa shape index (κ1) is 18.4. The van der Waals surface area contributed by atoms with E-state index in [1.807, 2.05) is 0 Å². The Balaban J connectivity index is 2.49. The number of hydrogen-bond donors (Lipinski definition) is 3. The number of aromatic nitrogens is 1. The first-order valence-corrected chi connectivity index (χ1v) is 7.62. The number of nitrogens with zero attached hydrogens (tertiary/aromatic N) is 1. The van der Waals surface area contributed by atoms with Gasteiger partial charge in [-0.2, -0.15) is 4.73 Å². The molecule has 0 saturated heterocycles. The number of rotatable bonds is 10. The maximum absolute atomic E-state index is 11.6. The number of aliphatic hydroxyl groups excluding tert-OH is 2. The summed E-state index contributed by atoms with van der Waals surface area (Å²) in [6.07, 6.45) is 3.57. The Kier molecular flexibility index (Phi) is 9.20. The minimum absolute atomic E-state index is 0.0947. The van der Waals surface area contributed by atoms with Gasteiger partial charge in [0.05, 0.1) is 6.61 Å². The van der Waals surface area contributed by atoms with Crippen LogP contribution in [-0.2, 0) is 0 Å². The van der Waals surface area contributed by atoms with Gasteiger partial charge in [0.2, 0.25) is 0 Å². The van der Waals surface area contributed by atoms with Crippen molar-refractivity contribution in [1.82, 2.24) is 10.0 Å². The van der Waals surface area contributed by atoms with Gasteiger partial charge in [0, 0.05) is 26.0 Å². The Morgan fingerprint density at radius 2 is 1.95 bits per heavy atom. The lowest BCUT2D eigenvalue weighted by molar-refractivity contribution is 0.128. The number of pyridine rings is 1. The molecule has 0 bridgehead atoms. The van der Waals surface area contributed by atoms with Gasteiger partial charge in [-0.05, 0) is 37.8 Å². The molecule has 0 aliphatic rings. The highest BCUT2D eigenvalue weighted by Crippen LogP contribution is 2.12. The predicted octanol–water partition coefficient (Wildman–Crippen LogP) is 1.28. The zero-order valence-electron chi connectivity index (χ0n) is 12.4. The van der Waals surface area contributed by atoms with Gasteiger partial charge in [0.1, 0.15) is 0 Å². The van der Waals surface area contributed by atoms with Gasteiger partial charge < -0.3 is 25.1 Å². The van der Waals surface area contributed by atoms with Crippen molar-refractivity contribution < 1.29 is 24.6 Å². The van der Waals surface area contributed by atoms with E-state index in [9.17, 15) is 4.79 Å². The van der Waals surface area contributed by atoms with Gasteiger partial charge in [0.15, 0.2) is 10.4 Å². The average molecular weight is 330 g/mol. The second kappa shape index (κ2) is 11.0. The van der Waals surface area contributed by atoms with Crippen molar-refractivity contribution >= 4 is 18.3 Å². The van der Waals surface area contributed by atoms with Crippen LogP contribution < -0.4 is 14.9 Å². The van der Waals surface area contributed by atoms with E-state index in [0.717, 1.165) is 4.73 Å². The van der Waals surface area contributed by atoms with E-state index in [0.29, 0.717) is 44.6 Å². The van der Waals surface area contributed by atoms with Crippen LogP contribution in [0.1, 0.15) is 25.7 Å². The fraction of sp³-hybridized carbons (Fsp3) is 0.571. The molecule has 0 radical (unpaired) electrons. The molecule has 0 saturated carbocycles. The molecule has 0 aliphatic heterocycles. The summed E-state index contributed by atoms with van der Waals surface area (Å²) < 4.78 is 6.92. The molecule has 0 aromatic carbocycles. The number of nitrogens with one attached hydrogen (secondary N) is 1. The van der Waals surface area contributed by atoms with Crippen molar-refractivity contribution in [3.05, 3.63) is 23.0 Å². The van der Waals surface area contributed by atoms with Crippen LogP contribution in [0.4, 0.5) is 4.79 Å². The summed E-state index contributed by atoms with van der Waals surface area (Å²) in [4.78, 5) is 16.7. The fourth-order valence-electron chi connectivity index (χ4n) is 1.58. The molecule has 22 heavy (non-hydrogen) atoms. The molecule has 1 aromatic heterocycles. The molecule has 1 amide bonds. The molecule has 1 aromatic rings. The van der Waals surface area contributed by atoms with Crippen molar-refractivity contribution in [3.8, 4) is 5.75 Å². The Morgan fingerprint density at radius 1 is 1.23 bits per heavy atom. The number of hydrogen-bond acceptors (Lipinski definition) is 6. The van der Waals surface area contributed by atoms with Crippen LogP contribution in [0.3, 0.4) is 0 Å². The second-order valence-corrected chi connectivity index (χ2v) is 4.91. The number of ether oxygens (including phenoxy) is 1. The third kappa shape index (κ3) is 6.88. The zero-order chi connectivity index (χ0) is 16.2. The summed E-state index contributed by atoms with van der Waals surface area (Å²) in [5.41, 5.74) is 0. The van der Waals surface area contributed by atoms with Crippen molar-refractivity contribution in [1.29, 1.82) is 0 Å². The standard InChI is InChI=1S/C14H22N2O5S/c17-9-2-1-7-15-14(19)21-16-8-5-6-12(13(16)22)20-11-4-3-10-18/h5-6,8,17-18H,1-4,7,9-11H2,(H,15,19). The summed E-state index contributed by atoms with van der Waals surface area (Å²) >= 11 is 5.19. The molecule has 7 nitrogen and oxygen atoms in total. The van der Waals surface area contributed by atoms with Crippen molar-refractivity contribution in [2.24, 2.45) is 0 Å². The third-order valence-electron chi connectivity index (χ3n) is 2.73. The molecule has 0 unspecified atom stereocenters. The molecule has 3 N–H and O–H groups in total. The van der Waals surface area contributed by atoms with Gasteiger partial charge in [-0.15, -0.1) is 0 Å². The van der Waals surface area contributed by atoms with E-state index in [2.05, 4.69) is 5.32 Å². The number of unbranched alkanes of at least 4 members (excludes halogenated alkanes) is 2. The van der Waals surface area contributed by atoms with E-state index < -0.39 is 6.09 Å². The molecular weight excluding hydrogens is 308 g/mol. The van der Waals surface area contributed by atoms with Crippen LogP contribution >= 0.6 is 12.2 Å². The Labute approximate surface area is 134 Å². The van der Waals surface area contributed by atoms with Crippen LogP contribution in [0.15, 0.2) is 18.3 Å². The van der Waals surface area contributed by atoms with Gasteiger partial charge in [0.25, 0.3) is 0 Å². The quantitative estimate of drug-likeness (QED) is 0.442. The Bertz CT molecular complexity index is 506. The monoisotopic (exact) mass is 330 g/mol. The highest BCUT2D eigenvalue weighted by atomic mass is 32.1. The summed E-state index contributed by atoms with van der Waals surface area (Å²) in [5.74, 6) is 0.448. The number of amides is 1. The highest BCUT2D eigenvalue weighted by molar-refractivity contribution is 7.71. The molecule has 124 valence electrons. The Morgan fingerprint density at radius 3 is 2.68 bits per heavy atom. The summed E-state index contributed by atoms with van der Waals surface area (Å²) in [6, 6.07) is 3.36. The molecule has 0 atom stereocenters. The third-order valence-corrected chi connectivity index (χ3v) is 3.11. The normalized spacial score (nSPS) is 10.3. The van der Waals surface area contributed by atoms with Crippen molar-refractivity contribution in [3.63, 3.8) is 0 Å². The predicted molar refractivity (Wildman–Crippen MR) is 83.4 cm³/mol. The van der Waals surface area contributed by atoms with Crippen molar-refractivity contribution in [2.75, 3.05) is 26.4 Å². The molecule has 0 aliphatic carbocycles. The maximum atomic E-state index is 11.6. The second-order valence-electron chi connectivity index (χ2n) is 4.52. The van der Waals surface area contributed by atoms with E-state index >= 15 is 0 Å². The lowest BCUT2D eigenvalue weighted by atomic mass is 10.3. The number of aliphatic hydroxyl groups is 2. The smallest absolute Gasteiger partial charge is 0.431 e. The highest BCUT2D eigenvalue weighted by Gasteiger charge is 2.06. The van der Waals surface area contributed by atoms with Crippen molar-refractivity contribution in [2.45, 2.75) is 25.7 Å². The van der Waals surface area contributed by atoms with Gasteiger partial charge in [-0.3, -0.25) is 0 Å². The fourth-order valence-corrected chi connectivity index (χ4v) is 1.81. The summed E-state index contributed by atoms with van der Waals surface area (Å²) in [7, 11) is 0. The van der Waals surface area contributed by atoms with Crippen LogP contribution in [0.25, 0.3) is 0 Å². The largest absolute Gasteiger partial charge is 0.490 e.